The van der Waals surface area contributed by atoms with E-state index in [9.17, 15) is 0 Å². The van der Waals surface area contributed by atoms with Gasteiger partial charge in [0.25, 0.3) is 0 Å². The summed E-state index contributed by atoms with van der Waals surface area (Å²) < 4.78 is 21.7. The number of nitrogens with one attached hydrogen (secondary N) is 1. The molecule has 7 aromatic heterocycles. The van der Waals surface area contributed by atoms with E-state index in [1.165, 1.54) is 0 Å². The average Bonchev–Trinajstić information content (AvgIpc) is 4.31. The number of hydrogen-bond acceptors (Lipinski definition) is 15. The number of fused-ring (bicyclic) bond motifs is 5. The molecule has 12 aromatic rings. The zero-order valence-corrected chi connectivity index (χ0v) is 46.0. The number of imidazole rings is 3. The zero-order valence-electron chi connectivity index (χ0n) is 43.7. The zero-order chi connectivity index (χ0) is 53.9. The Hall–Kier alpha value is -8.50. The van der Waals surface area contributed by atoms with Gasteiger partial charge in [0.15, 0.2) is 0 Å². The number of morpholine rings is 2. The molecule has 0 unspecified atom stereocenters. The van der Waals surface area contributed by atoms with Gasteiger partial charge < -0.3 is 44.0 Å². The Kier molecular flexibility index (Phi) is 16.1. The molecule has 0 aliphatic carbocycles. The lowest BCUT2D eigenvalue weighted by Gasteiger charge is -2.27. The van der Waals surface area contributed by atoms with Crippen LogP contribution >= 0.6 is 27.5 Å². The number of nitrogen functional groups attached to an aromatic ring is 1. The van der Waals surface area contributed by atoms with Crippen LogP contribution < -0.4 is 20.9 Å². The van der Waals surface area contributed by atoms with Gasteiger partial charge in [-0.2, -0.15) is 15.2 Å². The molecule has 79 heavy (non-hydrogen) atoms. The number of rotatable bonds is 6. The fraction of sp³-hybridized carbons (Fsp3) is 0.246. The van der Waals surface area contributed by atoms with E-state index in [-0.39, 0.29) is 7.43 Å². The van der Waals surface area contributed by atoms with Crippen LogP contribution in [-0.2, 0) is 44.7 Å². The third kappa shape index (κ3) is 12.1. The predicted molar refractivity (Wildman–Crippen MR) is 319 cm³/mol. The number of nitrogens with two attached hydrogens (primary N) is 1. The molecule has 5 aromatic carbocycles. The van der Waals surface area contributed by atoms with Gasteiger partial charge in [-0.3, -0.25) is 9.36 Å². The summed E-state index contributed by atoms with van der Waals surface area (Å²) in [5, 5.41) is 14.8. The Bertz CT molecular complexity index is 4000. The summed E-state index contributed by atoms with van der Waals surface area (Å²) in [6.45, 7) is 5.81. The Morgan fingerprint density at radius 1 is 0.519 bits per heavy atom. The largest absolute Gasteiger partial charge is 0.399 e. The Balaban J connectivity index is 0.000000131. The monoisotopic (exact) mass is 1140 g/mol. The summed E-state index contributed by atoms with van der Waals surface area (Å²) in [6.07, 6.45) is 9.15. The summed E-state index contributed by atoms with van der Waals surface area (Å²) >= 11 is 9.61. The molecule has 2 aliphatic heterocycles. The molecule has 2 fully saturated rings. The SMILES string of the molecule is C.Cn1cnc2cc(Br)ccc21.Cn1cnc2cc(N)ccc21.Cn1cnc2cc(Nc3cc(-c4ccc5cnn(C)c5c4)nc(N4CCOCC4)n3)ccc21.Cn1ncc2ccc(-c3cc(Cl)nc(N4CCOCC4)n3)cc21. The van der Waals surface area contributed by atoms with Gasteiger partial charge >= 0.3 is 0 Å². The van der Waals surface area contributed by atoms with E-state index in [2.05, 4.69) is 91.5 Å². The maximum Gasteiger partial charge on any atom is 0.228 e. The highest BCUT2D eigenvalue weighted by Gasteiger charge is 2.19. The first kappa shape index (κ1) is 53.9. The summed E-state index contributed by atoms with van der Waals surface area (Å²) in [5.41, 5.74) is 19.4. The van der Waals surface area contributed by atoms with Crippen LogP contribution in [0.3, 0.4) is 0 Å². The van der Waals surface area contributed by atoms with E-state index in [4.69, 9.17) is 41.8 Å². The van der Waals surface area contributed by atoms with Crippen molar-refractivity contribution in [3.63, 3.8) is 0 Å². The Labute approximate surface area is 469 Å². The average molecular weight is 1140 g/mol. The molecule has 0 atom stereocenters. The van der Waals surface area contributed by atoms with Crippen LogP contribution in [0.25, 0.3) is 77.4 Å². The minimum Gasteiger partial charge on any atom is -0.399 e. The van der Waals surface area contributed by atoms with E-state index in [0.717, 1.165) is 125 Å². The highest BCUT2D eigenvalue weighted by molar-refractivity contribution is 9.10. The molecule has 14 rings (SSSR count). The molecule has 22 heteroatoms. The molecule has 0 amide bonds. The lowest BCUT2D eigenvalue weighted by atomic mass is 10.1. The fourth-order valence-corrected chi connectivity index (χ4v) is 9.77. The first-order valence-electron chi connectivity index (χ1n) is 25.2. The van der Waals surface area contributed by atoms with Crippen LogP contribution in [0, 0.1) is 0 Å². The van der Waals surface area contributed by atoms with Crippen molar-refractivity contribution in [2.24, 2.45) is 35.2 Å². The number of benzene rings is 5. The molecule has 9 heterocycles. The van der Waals surface area contributed by atoms with Crippen molar-refractivity contribution in [3.05, 3.63) is 144 Å². The third-order valence-corrected chi connectivity index (χ3v) is 14.2. The normalized spacial score (nSPS) is 13.4. The highest BCUT2D eigenvalue weighted by Crippen LogP contribution is 2.30. The highest BCUT2D eigenvalue weighted by atomic mass is 79.9. The quantitative estimate of drug-likeness (QED) is 0.117. The fourth-order valence-electron chi connectivity index (χ4n) is 9.24. The second-order valence-electron chi connectivity index (χ2n) is 18.9. The summed E-state index contributed by atoms with van der Waals surface area (Å²) in [7, 11) is 9.83. The maximum absolute atomic E-state index is 6.22. The van der Waals surface area contributed by atoms with E-state index in [0.29, 0.717) is 43.5 Å². The van der Waals surface area contributed by atoms with Crippen molar-refractivity contribution < 1.29 is 9.47 Å². The van der Waals surface area contributed by atoms with Crippen LogP contribution in [-0.4, -0.2) is 121 Å². The molecule has 0 spiro atoms. The van der Waals surface area contributed by atoms with E-state index >= 15 is 0 Å². The lowest BCUT2D eigenvalue weighted by molar-refractivity contribution is 0.122. The van der Waals surface area contributed by atoms with Gasteiger partial charge in [0.1, 0.15) is 11.0 Å². The number of halogens is 2. The Morgan fingerprint density at radius 3 is 1.56 bits per heavy atom. The standard InChI is InChI=1S/C24H24N8O.C16H16ClN5O.C8H7BrN2.C8H9N3.CH4/c1-30-15-25-20-12-18(5-6-21(20)30)27-23-13-19(28-24(29-23)32-7-9-33-10-8-32)16-3-4-17-14-26-31(2)22(17)11-16;1-21-14-8-11(2-3-12(14)10-18-21)13-9-15(17)20-16(19-13)22-4-6-23-7-5-22;2*1-11-5-10-7-4-6(9)2-3-8(7)11;/h3-6,11-15H,7-10H2,1-2H3,(H,27,28,29);2-3,8-10H,4-7H2,1H3;2-5H,1H3;2-5H,9H2,1H3;1H4. The topological polar surface area (TPSA) is 204 Å². The predicted octanol–water partition coefficient (Wildman–Crippen LogP) is 10.1. The summed E-state index contributed by atoms with van der Waals surface area (Å²) in [6, 6.07) is 34.2. The van der Waals surface area contributed by atoms with Gasteiger partial charge in [-0.1, -0.05) is 59.2 Å². The molecule has 20 nitrogen and oxygen atoms in total. The number of hydrogen-bond donors (Lipinski definition) is 2. The number of aryl methyl sites for hydroxylation is 5. The van der Waals surface area contributed by atoms with Crippen molar-refractivity contribution in [2.75, 3.05) is 73.5 Å². The second kappa shape index (κ2) is 23.6. The number of ether oxygens (including phenoxy) is 2. The molecular weight excluding hydrogens is 1080 g/mol. The molecule has 0 radical (unpaired) electrons. The second-order valence-corrected chi connectivity index (χ2v) is 20.2. The van der Waals surface area contributed by atoms with Gasteiger partial charge in [0.05, 0.1) is 113 Å². The lowest BCUT2D eigenvalue weighted by Crippen LogP contribution is -2.37. The third-order valence-electron chi connectivity index (χ3n) is 13.5. The van der Waals surface area contributed by atoms with Gasteiger partial charge in [-0.15, -0.1) is 0 Å². The van der Waals surface area contributed by atoms with Crippen LogP contribution in [0.1, 0.15) is 7.43 Å². The first-order valence-corrected chi connectivity index (χ1v) is 26.4. The number of nitrogens with zero attached hydrogens (tertiary/aromatic N) is 16. The van der Waals surface area contributed by atoms with Crippen LogP contribution in [0.4, 0.5) is 29.1 Å². The van der Waals surface area contributed by atoms with Crippen molar-refractivity contribution in [1.82, 2.24) is 68.2 Å². The van der Waals surface area contributed by atoms with E-state index in [1.807, 2.05) is 150 Å². The van der Waals surface area contributed by atoms with E-state index in [1.54, 1.807) is 12.4 Å². The number of aromatic nitrogens is 14. The van der Waals surface area contributed by atoms with Gasteiger partial charge in [0, 0.05) is 111 Å². The number of anilines is 5. The molecule has 3 N–H and O–H groups in total. The summed E-state index contributed by atoms with van der Waals surface area (Å²) in [4.78, 5) is 35.9. The molecule has 2 aliphatic rings. The van der Waals surface area contributed by atoms with Crippen LogP contribution in [0.2, 0.25) is 5.15 Å². The van der Waals surface area contributed by atoms with Crippen molar-refractivity contribution >= 4 is 112 Å². The minimum atomic E-state index is 0. The molecule has 0 saturated carbocycles. The van der Waals surface area contributed by atoms with Crippen molar-refractivity contribution in [3.8, 4) is 22.5 Å². The van der Waals surface area contributed by atoms with Crippen LogP contribution in [0.15, 0.2) is 139 Å². The molecular formula is C57H60BrClN18O2. The molecule has 404 valence electrons. The van der Waals surface area contributed by atoms with Crippen molar-refractivity contribution in [1.29, 1.82) is 0 Å². The maximum atomic E-state index is 6.22. The van der Waals surface area contributed by atoms with Gasteiger partial charge in [0.2, 0.25) is 11.9 Å². The summed E-state index contributed by atoms with van der Waals surface area (Å²) in [5.74, 6) is 2.09. The first-order chi connectivity index (χ1) is 37.9. The minimum absolute atomic E-state index is 0. The molecule has 2 saturated heterocycles. The smallest absolute Gasteiger partial charge is 0.228 e. The Morgan fingerprint density at radius 2 is 1.00 bits per heavy atom. The van der Waals surface area contributed by atoms with Crippen molar-refractivity contribution in [2.45, 2.75) is 7.43 Å². The van der Waals surface area contributed by atoms with Gasteiger partial charge in [-0.05, 0) is 66.7 Å². The van der Waals surface area contributed by atoms with E-state index < -0.39 is 0 Å². The van der Waals surface area contributed by atoms with Crippen LogP contribution in [0.5, 0.6) is 0 Å². The molecule has 0 bridgehead atoms. The van der Waals surface area contributed by atoms with Gasteiger partial charge in [-0.25, -0.2) is 29.9 Å².